The highest BCUT2D eigenvalue weighted by Crippen LogP contribution is 1.54. The molecule has 40 valence electrons. The van der Waals surface area contributed by atoms with E-state index in [4.69, 9.17) is 5.84 Å². The molecule has 0 heterocycles. The summed E-state index contributed by atoms with van der Waals surface area (Å²) in [6.07, 6.45) is 0. The fourth-order valence-electron chi connectivity index (χ4n) is 0.212. The average molecular weight is 133 g/mol. The van der Waals surface area contributed by atoms with Crippen molar-refractivity contribution in [3.05, 3.63) is 0 Å². The van der Waals surface area contributed by atoms with E-state index in [9.17, 15) is 0 Å². The van der Waals surface area contributed by atoms with Crippen LogP contribution in [-0.4, -0.2) is 20.6 Å². The minimum absolute atomic E-state index is 0.178. The Kier molecular flexibility index (Phi) is 4.46. The van der Waals surface area contributed by atoms with Crippen LogP contribution in [0.15, 0.2) is 0 Å². The van der Waals surface area contributed by atoms with Crippen molar-refractivity contribution in [1.29, 1.82) is 0 Å². The predicted octanol–water partition coefficient (Wildman–Crippen LogP) is -1.28. The second kappa shape index (κ2) is 4.34. The summed E-state index contributed by atoms with van der Waals surface area (Å²) in [5.74, 6) is 7.01. The van der Waals surface area contributed by atoms with Gasteiger partial charge in [-0.1, -0.05) is 5.79 Å². The van der Waals surface area contributed by atoms with E-state index in [2.05, 4.69) is 27.7 Å². The summed E-state index contributed by atoms with van der Waals surface area (Å²) in [7, 11) is 0. The van der Waals surface area contributed by atoms with Gasteiger partial charge < -0.3 is 9.73 Å². The Morgan fingerprint density at radius 2 is 2.43 bits per heavy atom. The first-order valence-corrected chi connectivity index (χ1v) is 4.58. The van der Waals surface area contributed by atoms with Crippen molar-refractivity contribution in [1.82, 2.24) is 9.73 Å². The highest BCUT2D eigenvalue weighted by molar-refractivity contribution is 7.80. The van der Waals surface area contributed by atoms with Gasteiger partial charge in [-0.3, -0.25) is 0 Å². The third kappa shape index (κ3) is 4.03. The zero-order chi connectivity index (χ0) is 5.70. The van der Waals surface area contributed by atoms with Gasteiger partial charge >= 0.3 is 15.4 Å². The van der Waals surface area contributed by atoms with E-state index in [1.165, 1.54) is 0 Å². The van der Waals surface area contributed by atoms with Crippen molar-refractivity contribution < 1.29 is 0 Å². The fraction of sp³-hybridized carbons (Fsp3) is 0.500. The lowest BCUT2D eigenvalue weighted by atomic mass is 11.2. The molecule has 0 aliphatic carbocycles. The van der Waals surface area contributed by atoms with E-state index < -0.39 is 0 Å². The fourth-order valence-corrected chi connectivity index (χ4v) is 1.07. The molecule has 7 heavy (non-hydrogen) atoms. The molecular formula is C2H8AlN3S. The van der Waals surface area contributed by atoms with Crippen LogP contribution in [0, 0.1) is 0 Å². The average Bonchev–Trinajstić information content (AvgIpc) is 1.68. The number of nitrogens with two attached hydrogens (primary N) is 1. The summed E-state index contributed by atoms with van der Waals surface area (Å²) in [6.45, 7) is 0. The number of rotatable bonds is 1. The lowest BCUT2D eigenvalue weighted by molar-refractivity contribution is 1.02. The van der Waals surface area contributed by atoms with Crippen LogP contribution in [0.2, 0.25) is 5.79 Å². The second-order valence-electron chi connectivity index (χ2n) is 1.00. The highest BCUT2D eigenvalue weighted by atomic mass is 32.1. The third-order valence-corrected chi connectivity index (χ3v) is 1.69. The summed E-state index contributed by atoms with van der Waals surface area (Å²) in [6, 6.07) is 0. The summed E-state index contributed by atoms with van der Waals surface area (Å²) in [5.41, 5.74) is 2.32. The van der Waals surface area contributed by atoms with Crippen LogP contribution in [0.5, 0.6) is 0 Å². The largest absolute Gasteiger partial charge is 0.455 e. The Balaban J connectivity index is 3.00. The van der Waals surface area contributed by atoms with Gasteiger partial charge in [-0.05, 0) is 12.2 Å². The molecule has 0 aromatic carbocycles. The molecule has 3 nitrogen and oxygen atoms in total. The van der Waals surface area contributed by atoms with Crippen LogP contribution in [0.1, 0.15) is 0 Å². The van der Waals surface area contributed by atoms with E-state index in [0.717, 1.165) is 0 Å². The van der Waals surface area contributed by atoms with Crippen molar-refractivity contribution in [3.8, 4) is 0 Å². The Hall–Kier alpha value is 0.182. The monoisotopic (exact) mass is 133 g/mol. The minimum Gasteiger partial charge on any atom is -0.455 e. The smallest absolute Gasteiger partial charge is 0.384 e. The second-order valence-corrected chi connectivity index (χ2v) is 2.47. The van der Waals surface area contributed by atoms with Crippen molar-refractivity contribution >= 4 is 32.8 Å². The molecule has 0 aromatic heterocycles. The molecule has 0 saturated heterocycles. The van der Waals surface area contributed by atoms with Gasteiger partial charge in [-0.2, -0.15) is 0 Å². The number of hydrogen-bond donors (Lipinski definition) is 3. The van der Waals surface area contributed by atoms with E-state index in [0.29, 0.717) is 5.11 Å². The number of hydrazine groups is 1. The lowest BCUT2D eigenvalue weighted by Gasteiger charge is -1.99. The molecule has 0 aliphatic rings. The Morgan fingerprint density at radius 3 is 2.57 bits per heavy atom. The molecule has 0 saturated carbocycles. The molecule has 0 fully saturated rings. The normalized spacial score (nSPS) is 7.14. The van der Waals surface area contributed by atoms with E-state index in [1.807, 2.05) is 0 Å². The summed E-state index contributed by atoms with van der Waals surface area (Å²) >= 11 is 4.46. The summed E-state index contributed by atoms with van der Waals surface area (Å²) < 4.78 is 2.93. The first kappa shape index (κ1) is 7.18. The van der Waals surface area contributed by atoms with Crippen molar-refractivity contribution in [2.75, 3.05) is 0 Å². The molecule has 4 N–H and O–H groups in total. The maximum absolute atomic E-state index is 4.93. The maximum Gasteiger partial charge on any atom is 0.384 e. The van der Waals surface area contributed by atoms with Crippen LogP contribution in [0.4, 0.5) is 0 Å². The topological polar surface area (TPSA) is 50.1 Å². The number of hydrogen-bond acceptors (Lipinski definition) is 2. The SMILES string of the molecule is [CH3][AlH][NH]C(=S)NN. The van der Waals surface area contributed by atoms with Crippen molar-refractivity contribution in [2.24, 2.45) is 5.84 Å². The van der Waals surface area contributed by atoms with Gasteiger partial charge in [-0.15, -0.1) is 0 Å². The van der Waals surface area contributed by atoms with Crippen LogP contribution in [0.25, 0.3) is 0 Å². The molecule has 0 amide bonds. The van der Waals surface area contributed by atoms with Gasteiger partial charge in [0.1, 0.15) is 0 Å². The predicted molar refractivity (Wildman–Crippen MR) is 36.1 cm³/mol. The molecule has 0 aliphatic heterocycles. The number of thiocarbonyl (C=S) groups is 1. The molecule has 0 bridgehead atoms. The van der Waals surface area contributed by atoms with Crippen LogP contribution in [-0.2, 0) is 0 Å². The Labute approximate surface area is 54.5 Å². The molecule has 0 aromatic rings. The van der Waals surface area contributed by atoms with Crippen LogP contribution in [0.3, 0.4) is 0 Å². The van der Waals surface area contributed by atoms with Gasteiger partial charge in [0.15, 0.2) is 5.11 Å². The zero-order valence-corrected chi connectivity index (χ0v) is 6.42. The Bertz CT molecular complexity index is 66.0. The van der Waals surface area contributed by atoms with Crippen LogP contribution < -0.4 is 15.6 Å². The maximum atomic E-state index is 4.93. The van der Waals surface area contributed by atoms with Gasteiger partial charge in [0.2, 0.25) is 0 Å². The van der Waals surface area contributed by atoms with Gasteiger partial charge in [0, 0.05) is 0 Å². The van der Waals surface area contributed by atoms with Crippen LogP contribution >= 0.6 is 12.2 Å². The van der Waals surface area contributed by atoms with Crippen molar-refractivity contribution in [2.45, 2.75) is 5.79 Å². The van der Waals surface area contributed by atoms with E-state index in [1.54, 1.807) is 0 Å². The van der Waals surface area contributed by atoms with E-state index in [-0.39, 0.29) is 15.4 Å². The first-order valence-electron chi connectivity index (χ1n) is 2.05. The molecule has 5 heteroatoms. The minimum atomic E-state index is -0.178. The van der Waals surface area contributed by atoms with Crippen molar-refractivity contribution in [3.63, 3.8) is 0 Å². The molecule has 0 atom stereocenters. The number of nitrogens with one attached hydrogen (secondary N) is 2. The molecular weight excluding hydrogens is 125 g/mol. The first-order chi connectivity index (χ1) is 3.31. The molecule has 0 radical (unpaired) electrons. The third-order valence-electron chi connectivity index (χ3n) is 0.468. The quantitative estimate of drug-likeness (QED) is 0.180. The van der Waals surface area contributed by atoms with Gasteiger partial charge in [0.05, 0.1) is 0 Å². The molecule has 0 spiro atoms. The standard InChI is InChI=1S/CH5N3S.CH3.Al.H/c2-1(5)4-3;;;/h3H2,(H3,2,4,5);1H3;;/q;;+1;/p-1. The summed E-state index contributed by atoms with van der Waals surface area (Å²) in [4.78, 5) is 0. The Morgan fingerprint density at radius 1 is 1.86 bits per heavy atom. The van der Waals surface area contributed by atoms with Gasteiger partial charge in [-0.25, -0.2) is 5.84 Å². The van der Waals surface area contributed by atoms with Gasteiger partial charge in [0.25, 0.3) is 0 Å². The molecule has 0 unspecified atom stereocenters. The highest BCUT2D eigenvalue weighted by Gasteiger charge is 1.84. The van der Waals surface area contributed by atoms with E-state index >= 15 is 0 Å². The lowest BCUT2D eigenvalue weighted by Crippen LogP contribution is -2.40. The molecule has 0 rings (SSSR count). The zero-order valence-electron chi connectivity index (χ0n) is 4.19. The summed E-state index contributed by atoms with van der Waals surface area (Å²) in [5, 5.41) is 0.550.